The molecule has 1 unspecified atom stereocenters. The van der Waals surface area contributed by atoms with Gasteiger partial charge < -0.3 is 14.8 Å². The zero-order chi connectivity index (χ0) is 20.3. The van der Waals surface area contributed by atoms with Crippen LogP contribution in [-0.4, -0.2) is 28.5 Å². The molecule has 3 aromatic rings. The highest BCUT2D eigenvalue weighted by atomic mass is 16.5. The summed E-state index contributed by atoms with van der Waals surface area (Å²) in [6.07, 6.45) is -0.780. The number of amides is 1. The number of para-hydroxylation sites is 1. The van der Waals surface area contributed by atoms with Crippen LogP contribution in [0.4, 0.5) is 5.69 Å². The lowest BCUT2D eigenvalue weighted by Gasteiger charge is -2.14. The minimum Gasteiger partial charge on any atom is -0.497 e. The van der Waals surface area contributed by atoms with E-state index in [4.69, 9.17) is 9.47 Å². The third-order valence-corrected chi connectivity index (χ3v) is 4.54. The Morgan fingerprint density at radius 2 is 1.64 bits per heavy atom. The molecule has 1 aromatic heterocycles. The van der Waals surface area contributed by atoms with Crippen LogP contribution in [0.1, 0.15) is 12.6 Å². The maximum atomic E-state index is 12.9. The van der Waals surface area contributed by atoms with Crippen molar-refractivity contribution in [3.63, 3.8) is 0 Å². The second kappa shape index (κ2) is 8.04. The summed E-state index contributed by atoms with van der Waals surface area (Å²) in [5.74, 6) is 0.836. The number of carbonyl (C=O) groups excluding carboxylic acids is 1. The summed E-state index contributed by atoms with van der Waals surface area (Å²) in [6, 6.07) is 16.2. The van der Waals surface area contributed by atoms with Gasteiger partial charge in [0.2, 0.25) is 0 Å². The van der Waals surface area contributed by atoms with Gasteiger partial charge in [0.05, 0.1) is 18.5 Å². The van der Waals surface area contributed by atoms with Crippen LogP contribution >= 0.6 is 0 Å². The molecule has 1 N–H and O–H groups in total. The average molecular weight is 381 g/mol. The van der Waals surface area contributed by atoms with Crippen LogP contribution in [0.15, 0.2) is 59.4 Å². The molecule has 28 heavy (non-hydrogen) atoms. The smallest absolute Gasteiger partial charge is 0.295 e. The first-order chi connectivity index (χ1) is 13.4. The number of anilines is 1. The van der Waals surface area contributed by atoms with Crippen molar-refractivity contribution in [2.45, 2.75) is 20.0 Å². The Morgan fingerprint density at radius 1 is 1.04 bits per heavy atom. The second-order valence-corrected chi connectivity index (χ2v) is 6.36. The van der Waals surface area contributed by atoms with Gasteiger partial charge in [0.15, 0.2) is 6.10 Å². The number of nitrogens with zero attached hydrogens (tertiary/aromatic N) is 2. The zero-order valence-corrected chi connectivity index (χ0v) is 16.3. The molecule has 0 spiro atoms. The Hall–Kier alpha value is -3.48. The van der Waals surface area contributed by atoms with Gasteiger partial charge in [0, 0.05) is 7.05 Å². The molecule has 0 radical (unpaired) electrons. The molecule has 7 heteroatoms. The van der Waals surface area contributed by atoms with E-state index in [0.29, 0.717) is 17.2 Å². The Balaban J connectivity index is 1.79. The summed E-state index contributed by atoms with van der Waals surface area (Å²) in [4.78, 5) is 25.5. The van der Waals surface area contributed by atoms with E-state index in [1.54, 1.807) is 57.0 Å². The summed E-state index contributed by atoms with van der Waals surface area (Å²) < 4.78 is 14.0. The molecule has 3 rings (SSSR count). The van der Waals surface area contributed by atoms with Crippen molar-refractivity contribution in [1.29, 1.82) is 0 Å². The summed E-state index contributed by atoms with van der Waals surface area (Å²) in [5.41, 5.74) is 1.32. The maximum Gasteiger partial charge on any atom is 0.295 e. The van der Waals surface area contributed by atoms with E-state index in [9.17, 15) is 9.59 Å². The van der Waals surface area contributed by atoms with Gasteiger partial charge in [-0.3, -0.25) is 14.3 Å². The number of ether oxygens (including phenoxy) is 2. The molecular weight excluding hydrogens is 358 g/mol. The molecule has 0 fully saturated rings. The number of methoxy groups -OCH3 is 1. The Kier molecular flexibility index (Phi) is 5.54. The third kappa shape index (κ3) is 3.78. The third-order valence-electron chi connectivity index (χ3n) is 4.54. The second-order valence-electron chi connectivity index (χ2n) is 6.36. The van der Waals surface area contributed by atoms with Crippen LogP contribution in [0.25, 0.3) is 5.69 Å². The van der Waals surface area contributed by atoms with Crippen molar-refractivity contribution >= 4 is 11.6 Å². The normalized spacial score (nSPS) is 11.7. The van der Waals surface area contributed by atoms with Crippen LogP contribution in [0.5, 0.6) is 11.5 Å². The van der Waals surface area contributed by atoms with E-state index >= 15 is 0 Å². The van der Waals surface area contributed by atoms with E-state index in [1.807, 2.05) is 30.3 Å². The SMILES string of the molecule is COc1ccc(OC(C)C(=O)Nc2c(C)n(C)n(-c3ccccc3)c2=O)cc1. The molecule has 0 saturated carbocycles. The molecule has 1 amide bonds. The highest BCUT2D eigenvalue weighted by Crippen LogP contribution is 2.19. The lowest BCUT2D eigenvalue weighted by atomic mass is 10.3. The molecule has 0 aliphatic rings. The van der Waals surface area contributed by atoms with Gasteiger partial charge >= 0.3 is 0 Å². The topological polar surface area (TPSA) is 74.5 Å². The Bertz CT molecular complexity index is 1020. The summed E-state index contributed by atoms with van der Waals surface area (Å²) in [7, 11) is 3.35. The molecule has 0 aliphatic carbocycles. The molecule has 0 saturated heterocycles. The van der Waals surface area contributed by atoms with Crippen LogP contribution in [0.2, 0.25) is 0 Å². The fraction of sp³-hybridized carbons (Fsp3) is 0.238. The Labute approximate surface area is 163 Å². The fourth-order valence-corrected chi connectivity index (χ4v) is 2.85. The highest BCUT2D eigenvalue weighted by Gasteiger charge is 2.21. The summed E-state index contributed by atoms with van der Waals surface area (Å²) in [6.45, 7) is 3.42. The van der Waals surface area contributed by atoms with Gasteiger partial charge in [-0.15, -0.1) is 0 Å². The first kappa shape index (κ1) is 19.3. The average Bonchev–Trinajstić information content (AvgIpc) is 2.92. The van der Waals surface area contributed by atoms with Crippen molar-refractivity contribution in [3.05, 3.63) is 70.6 Å². The van der Waals surface area contributed by atoms with Crippen molar-refractivity contribution < 1.29 is 14.3 Å². The largest absolute Gasteiger partial charge is 0.497 e. The molecule has 7 nitrogen and oxygen atoms in total. The van der Waals surface area contributed by atoms with Crippen LogP contribution in [-0.2, 0) is 11.8 Å². The van der Waals surface area contributed by atoms with E-state index < -0.39 is 12.0 Å². The van der Waals surface area contributed by atoms with Crippen LogP contribution in [0, 0.1) is 6.92 Å². The molecule has 146 valence electrons. The molecule has 1 heterocycles. The number of hydrogen-bond acceptors (Lipinski definition) is 4. The lowest BCUT2D eigenvalue weighted by molar-refractivity contribution is -0.122. The maximum absolute atomic E-state index is 12.9. The van der Waals surface area contributed by atoms with E-state index in [2.05, 4.69) is 5.32 Å². The van der Waals surface area contributed by atoms with E-state index in [1.165, 1.54) is 4.68 Å². The number of carbonyl (C=O) groups is 1. The molecule has 0 aliphatic heterocycles. The predicted molar refractivity (Wildman–Crippen MR) is 107 cm³/mol. The van der Waals surface area contributed by atoms with Gasteiger partial charge in [-0.1, -0.05) is 18.2 Å². The van der Waals surface area contributed by atoms with Gasteiger partial charge in [0.25, 0.3) is 11.5 Å². The van der Waals surface area contributed by atoms with E-state index in [0.717, 1.165) is 5.69 Å². The standard InChI is InChI=1S/C21H23N3O4/c1-14-19(21(26)24(23(14)3)16-8-6-5-7-9-16)22-20(25)15(2)28-18-12-10-17(27-4)11-13-18/h5-13,15H,1-4H3,(H,22,25). The minimum atomic E-state index is -0.780. The van der Waals surface area contributed by atoms with Crippen molar-refractivity contribution in [3.8, 4) is 17.2 Å². The van der Waals surface area contributed by atoms with E-state index in [-0.39, 0.29) is 11.2 Å². The first-order valence-electron chi connectivity index (χ1n) is 8.88. The number of aromatic nitrogens is 2. The number of nitrogens with one attached hydrogen (secondary N) is 1. The van der Waals surface area contributed by atoms with Gasteiger partial charge in [0.1, 0.15) is 17.2 Å². The Morgan fingerprint density at radius 3 is 2.25 bits per heavy atom. The predicted octanol–water partition coefficient (Wildman–Crippen LogP) is 2.90. The highest BCUT2D eigenvalue weighted by molar-refractivity contribution is 5.94. The number of rotatable bonds is 6. The first-order valence-corrected chi connectivity index (χ1v) is 8.88. The number of hydrogen-bond donors (Lipinski definition) is 1. The summed E-state index contributed by atoms with van der Waals surface area (Å²) in [5, 5.41) is 2.71. The number of benzene rings is 2. The van der Waals surface area contributed by atoms with Crippen molar-refractivity contribution in [2.24, 2.45) is 7.05 Å². The van der Waals surface area contributed by atoms with Gasteiger partial charge in [-0.2, -0.15) is 0 Å². The lowest BCUT2D eigenvalue weighted by Crippen LogP contribution is -2.32. The van der Waals surface area contributed by atoms with Crippen LogP contribution < -0.4 is 20.3 Å². The van der Waals surface area contributed by atoms with Crippen molar-refractivity contribution in [1.82, 2.24) is 9.36 Å². The zero-order valence-electron chi connectivity index (χ0n) is 16.3. The quantitative estimate of drug-likeness (QED) is 0.712. The van der Waals surface area contributed by atoms with Gasteiger partial charge in [-0.25, -0.2) is 4.68 Å². The summed E-state index contributed by atoms with van der Waals surface area (Å²) >= 11 is 0. The fourth-order valence-electron chi connectivity index (χ4n) is 2.85. The molecule has 1 atom stereocenters. The minimum absolute atomic E-state index is 0.238. The van der Waals surface area contributed by atoms with Gasteiger partial charge in [-0.05, 0) is 50.2 Å². The molecule has 0 bridgehead atoms. The molecular formula is C21H23N3O4. The molecule has 2 aromatic carbocycles. The van der Waals surface area contributed by atoms with Crippen LogP contribution in [0.3, 0.4) is 0 Å². The van der Waals surface area contributed by atoms with Crippen molar-refractivity contribution in [2.75, 3.05) is 12.4 Å². The monoisotopic (exact) mass is 381 g/mol.